The third-order valence-corrected chi connectivity index (χ3v) is 2.76. The molecule has 0 N–H and O–H groups in total. The molecule has 0 unspecified atom stereocenters. The molecule has 0 spiro atoms. The minimum atomic E-state index is -0.884. The first kappa shape index (κ1) is 14.8. The topological polar surface area (TPSA) is 52.6 Å². The van der Waals surface area contributed by atoms with Gasteiger partial charge in [0.2, 0.25) is 5.79 Å². The van der Waals surface area contributed by atoms with Gasteiger partial charge in [-0.15, -0.1) is 0 Å². The average molecular weight is 284 g/mol. The molecular weight excluding hydrogens is 268 g/mol. The zero-order chi connectivity index (χ0) is 15.3. The van der Waals surface area contributed by atoms with Crippen LogP contribution in [-0.4, -0.2) is 18.4 Å². The molecule has 0 radical (unpaired) electrons. The number of aldehydes is 2. The summed E-state index contributed by atoms with van der Waals surface area (Å²) in [6.07, 6.45) is 1.56. The standard InChI is InChI=1S/C17H16O4/c1-17(2,20-15-7-3-13(11-18)4-8-15)21-16-9-5-14(12-19)6-10-16/h3-12H,1-2H3. The van der Waals surface area contributed by atoms with Crippen LogP contribution in [0.3, 0.4) is 0 Å². The Bertz CT molecular complexity index is 557. The van der Waals surface area contributed by atoms with E-state index in [1.165, 1.54) is 0 Å². The van der Waals surface area contributed by atoms with E-state index in [9.17, 15) is 9.59 Å². The molecule has 108 valence electrons. The van der Waals surface area contributed by atoms with Crippen LogP contribution in [0.25, 0.3) is 0 Å². The fourth-order valence-corrected chi connectivity index (χ4v) is 1.82. The van der Waals surface area contributed by atoms with Crippen LogP contribution in [0, 0.1) is 0 Å². The van der Waals surface area contributed by atoms with E-state index in [4.69, 9.17) is 9.47 Å². The molecule has 0 bridgehead atoms. The van der Waals surface area contributed by atoms with Gasteiger partial charge in [0.1, 0.15) is 24.1 Å². The van der Waals surface area contributed by atoms with Gasteiger partial charge < -0.3 is 9.47 Å². The molecule has 0 amide bonds. The number of rotatable bonds is 6. The number of carbonyl (C=O) groups excluding carboxylic acids is 2. The third-order valence-electron chi connectivity index (χ3n) is 2.76. The highest BCUT2D eigenvalue weighted by atomic mass is 16.7. The van der Waals surface area contributed by atoms with E-state index < -0.39 is 5.79 Å². The minimum Gasteiger partial charge on any atom is -0.453 e. The van der Waals surface area contributed by atoms with Crippen LogP contribution in [0.5, 0.6) is 11.5 Å². The number of ether oxygens (including phenoxy) is 2. The van der Waals surface area contributed by atoms with Crippen molar-refractivity contribution in [1.82, 2.24) is 0 Å². The molecule has 0 aliphatic carbocycles. The summed E-state index contributed by atoms with van der Waals surface area (Å²) < 4.78 is 11.5. The third kappa shape index (κ3) is 4.18. The van der Waals surface area contributed by atoms with Crippen molar-refractivity contribution in [3.05, 3.63) is 59.7 Å². The summed E-state index contributed by atoms with van der Waals surface area (Å²) in [5.74, 6) is 0.330. The average Bonchev–Trinajstić information content (AvgIpc) is 2.48. The predicted octanol–water partition coefficient (Wildman–Crippen LogP) is 3.51. The summed E-state index contributed by atoms with van der Waals surface area (Å²) in [4.78, 5) is 21.2. The maximum atomic E-state index is 10.6. The lowest BCUT2D eigenvalue weighted by Gasteiger charge is -2.27. The van der Waals surface area contributed by atoms with Crippen molar-refractivity contribution in [2.24, 2.45) is 0 Å². The second kappa shape index (κ2) is 6.22. The second-order valence-corrected chi connectivity index (χ2v) is 4.98. The summed E-state index contributed by atoms with van der Waals surface area (Å²) in [5.41, 5.74) is 1.18. The molecule has 2 aromatic rings. The van der Waals surface area contributed by atoms with E-state index in [1.807, 2.05) is 0 Å². The zero-order valence-corrected chi connectivity index (χ0v) is 11.9. The first-order chi connectivity index (χ1) is 10.0. The van der Waals surface area contributed by atoms with E-state index in [0.717, 1.165) is 12.6 Å². The lowest BCUT2D eigenvalue weighted by Crippen LogP contribution is -2.35. The number of hydrogen-bond donors (Lipinski definition) is 0. The van der Waals surface area contributed by atoms with Crippen molar-refractivity contribution in [3.63, 3.8) is 0 Å². The molecule has 0 saturated carbocycles. The minimum absolute atomic E-state index is 0.588. The molecular formula is C17H16O4. The number of hydrogen-bond acceptors (Lipinski definition) is 4. The molecule has 0 aliphatic rings. The number of carbonyl (C=O) groups is 2. The molecule has 21 heavy (non-hydrogen) atoms. The molecule has 4 heteroatoms. The SMILES string of the molecule is CC(C)(Oc1ccc(C=O)cc1)Oc1ccc(C=O)cc1. The number of benzene rings is 2. The maximum Gasteiger partial charge on any atom is 0.245 e. The lowest BCUT2D eigenvalue weighted by molar-refractivity contribution is -0.0809. The Balaban J connectivity index is 2.05. The van der Waals surface area contributed by atoms with Crippen molar-refractivity contribution < 1.29 is 19.1 Å². The molecule has 2 rings (SSSR count). The van der Waals surface area contributed by atoms with Crippen LogP contribution in [-0.2, 0) is 0 Å². The second-order valence-electron chi connectivity index (χ2n) is 4.98. The quantitative estimate of drug-likeness (QED) is 0.601. The first-order valence-electron chi connectivity index (χ1n) is 6.51. The fraction of sp³-hybridized carbons (Fsp3) is 0.176. The van der Waals surface area contributed by atoms with Crippen LogP contribution >= 0.6 is 0 Å². The van der Waals surface area contributed by atoms with E-state index in [-0.39, 0.29) is 0 Å². The monoisotopic (exact) mass is 284 g/mol. The van der Waals surface area contributed by atoms with E-state index in [2.05, 4.69) is 0 Å². The van der Waals surface area contributed by atoms with Crippen molar-refractivity contribution in [2.45, 2.75) is 19.6 Å². The van der Waals surface area contributed by atoms with Crippen molar-refractivity contribution in [3.8, 4) is 11.5 Å². The van der Waals surface area contributed by atoms with Gasteiger partial charge >= 0.3 is 0 Å². The fourth-order valence-electron chi connectivity index (χ4n) is 1.82. The van der Waals surface area contributed by atoms with Crippen LogP contribution in [0.4, 0.5) is 0 Å². The first-order valence-corrected chi connectivity index (χ1v) is 6.51. The van der Waals surface area contributed by atoms with Gasteiger partial charge in [-0.3, -0.25) is 9.59 Å². The molecule has 0 atom stereocenters. The van der Waals surface area contributed by atoms with Gasteiger partial charge in [0, 0.05) is 25.0 Å². The Kier molecular flexibility index (Phi) is 4.38. The van der Waals surface area contributed by atoms with Gasteiger partial charge in [0.05, 0.1) is 0 Å². The molecule has 0 aliphatic heterocycles. The van der Waals surface area contributed by atoms with Crippen LogP contribution in [0.1, 0.15) is 34.6 Å². The Morgan fingerprint density at radius 1 is 0.714 bits per heavy atom. The van der Waals surface area contributed by atoms with Gasteiger partial charge in [-0.1, -0.05) is 0 Å². The summed E-state index contributed by atoms with van der Waals surface area (Å²) in [6.45, 7) is 3.57. The largest absolute Gasteiger partial charge is 0.453 e. The summed E-state index contributed by atoms with van der Waals surface area (Å²) in [7, 11) is 0. The van der Waals surface area contributed by atoms with Crippen molar-refractivity contribution >= 4 is 12.6 Å². The summed E-state index contributed by atoms with van der Waals surface area (Å²) in [6, 6.07) is 13.6. The lowest BCUT2D eigenvalue weighted by atomic mass is 10.2. The zero-order valence-electron chi connectivity index (χ0n) is 11.9. The summed E-state index contributed by atoms with van der Waals surface area (Å²) in [5, 5.41) is 0. The van der Waals surface area contributed by atoms with E-state index in [0.29, 0.717) is 22.6 Å². The van der Waals surface area contributed by atoms with Gasteiger partial charge in [0.25, 0.3) is 0 Å². The Labute approximate surface area is 123 Å². The van der Waals surface area contributed by atoms with E-state index >= 15 is 0 Å². The smallest absolute Gasteiger partial charge is 0.245 e. The van der Waals surface area contributed by atoms with Gasteiger partial charge in [0.15, 0.2) is 0 Å². The molecule has 0 fully saturated rings. The Morgan fingerprint density at radius 3 is 1.33 bits per heavy atom. The predicted molar refractivity (Wildman–Crippen MR) is 79.0 cm³/mol. The van der Waals surface area contributed by atoms with Crippen LogP contribution < -0.4 is 9.47 Å². The molecule has 2 aromatic carbocycles. The highest BCUT2D eigenvalue weighted by Crippen LogP contribution is 2.23. The molecule has 0 heterocycles. The van der Waals surface area contributed by atoms with Gasteiger partial charge in [-0.25, -0.2) is 0 Å². The molecule has 4 nitrogen and oxygen atoms in total. The maximum absolute atomic E-state index is 10.6. The van der Waals surface area contributed by atoms with Gasteiger partial charge in [-0.2, -0.15) is 0 Å². The van der Waals surface area contributed by atoms with Gasteiger partial charge in [-0.05, 0) is 48.5 Å². The highest BCUT2D eigenvalue weighted by Gasteiger charge is 2.21. The van der Waals surface area contributed by atoms with Crippen molar-refractivity contribution in [1.29, 1.82) is 0 Å². The highest BCUT2D eigenvalue weighted by molar-refractivity contribution is 5.75. The summed E-state index contributed by atoms with van der Waals surface area (Å²) >= 11 is 0. The molecule has 0 saturated heterocycles. The van der Waals surface area contributed by atoms with Crippen LogP contribution in [0.15, 0.2) is 48.5 Å². The van der Waals surface area contributed by atoms with Crippen LogP contribution in [0.2, 0.25) is 0 Å². The normalized spacial score (nSPS) is 10.8. The molecule has 0 aromatic heterocycles. The van der Waals surface area contributed by atoms with E-state index in [1.54, 1.807) is 62.4 Å². The Morgan fingerprint density at radius 2 is 1.05 bits per heavy atom. The Hall–Kier alpha value is -2.62. The van der Waals surface area contributed by atoms with Crippen molar-refractivity contribution in [2.75, 3.05) is 0 Å².